The van der Waals surface area contributed by atoms with E-state index in [1.165, 1.54) is 7.11 Å². The maximum absolute atomic E-state index is 11.6. The molecule has 0 spiro atoms. The van der Waals surface area contributed by atoms with Crippen molar-refractivity contribution in [1.82, 2.24) is 10.2 Å². The number of carbonyl (C=O) groups excluding carboxylic acids is 3. The van der Waals surface area contributed by atoms with Gasteiger partial charge >= 0.3 is 5.97 Å². The minimum absolute atomic E-state index is 0.121. The maximum atomic E-state index is 11.6. The normalized spacial score (nSPS) is 20.4. The van der Waals surface area contributed by atoms with Crippen LogP contribution in [0, 0.1) is 0 Å². The third kappa shape index (κ3) is 2.57. The second-order valence-corrected chi connectivity index (χ2v) is 4.18. The monoisotopic (exact) mass is 228 g/mol. The average Bonchev–Trinajstić information content (AvgIpc) is 2.21. The molecule has 1 N–H and O–H groups in total. The lowest BCUT2D eigenvalue weighted by Gasteiger charge is -2.39. The Balaban J connectivity index is 2.65. The number of amides is 2. The molecule has 0 saturated carbocycles. The van der Waals surface area contributed by atoms with Crippen LogP contribution in [-0.2, 0) is 19.1 Å². The summed E-state index contributed by atoms with van der Waals surface area (Å²) in [5.74, 6) is -1.03. The first-order chi connectivity index (χ1) is 7.37. The zero-order valence-electron chi connectivity index (χ0n) is 9.70. The van der Waals surface area contributed by atoms with Crippen LogP contribution in [0.5, 0.6) is 0 Å². The summed E-state index contributed by atoms with van der Waals surface area (Å²) in [6.45, 7) is 3.88. The van der Waals surface area contributed by atoms with E-state index in [-0.39, 0.29) is 30.7 Å². The quantitative estimate of drug-likeness (QED) is 0.510. The van der Waals surface area contributed by atoms with E-state index in [4.69, 9.17) is 0 Å². The number of piperazine rings is 1. The van der Waals surface area contributed by atoms with Crippen LogP contribution in [0.15, 0.2) is 0 Å². The Morgan fingerprint density at radius 2 is 2.12 bits per heavy atom. The fraction of sp³-hybridized carbons (Fsp3) is 0.700. The average molecular weight is 228 g/mol. The van der Waals surface area contributed by atoms with E-state index < -0.39 is 5.54 Å². The van der Waals surface area contributed by atoms with Crippen molar-refractivity contribution in [2.45, 2.75) is 25.8 Å². The molecule has 1 rings (SSSR count). The van der Waals surface area contributed by atoms with Gasteiger partial charge in [-0.3, -0.25) is 24.6 Å². The highest BCUT2D eigenvalue weighted by atomic mass is 16.5. The van der Waals surface area contributed by atoms with E-state index in [0.29, 0.717) is 6.54 Å². The van der Waals surface area contributed by atoms with Crippen molar-refractivity contribution >= 4 is 17.8 Å². The molecule has 1 saturated heterocycles. The molecule has 6 nitrogen and oxygen atoms in total. The van der Waals surface area contributed by atoms with Crippen LogP contribution in [0.1, 0.15) is 20.3 Å². The van der Waals surface area contributed by atoms with Crippen LogP contribution >= 0.6 is 0 Å². The number of rotatable bonds is 3. The topological polar surface area (TPSA) is 75.7 Å². The van der Waals surface area contributed by atoms with Crippen LogP contribution in [0.2, 0.25) is 0 Å². The number of nitrogens with zero attached hydrogens (tertiary/aromatic N) is 1. The Morgan fingerprint density at radius 1 is 1.50 bits per heavy atom. The van der Waals surface area contributed by atoms with Crippen molar-refractivity contribution in [3.05, 3.63) is 0 Å². The van der Waals surface area contributed by atoms with Crippen LogP contribution < -0.4 is 5.32 Å². The van der Waals surface area contributed by atoms with Crippen molar-refractivity contribution in [2.24, 2.45) is 0 Å². The van der Waals surface area contributed by atoms with Crippen molar-refractivity contribution in [1.29, 1.82) is 0 Å². The molecule has 16 heavy (non-hydrogen) atoms. The minimum atomic E-state index is -0.776. The number of nitrogens with one attached hydrogen (secondary N) is 1. The van der Waals surface area contributed by atoms with E-state index >= 15 is 0 Å². The first-order valence-corrected chi connectivity index (χ1v) is 5.04. The fourth-order valence-corrected chi connectivity index (χ4v) is 1.52. The van der Waals surface area contributed by atoms with Gasteiger partial charge in [-0.05, 0) is 13.8 Å². The number of hydrogen-bond acceptors (Lipinski definition) is 5. The highest BCUT2D eigenvalue weighted by Gasteiger charge is 2.40. The highest BCUT2D eigenvalue weighted by molar-refractivity contribution is 6.02. The molecule has 1 aliphatic heterocycles. The van der Waals surface area contributed by atoms with Crippen LogP contribution in [0.3, 0.4) is 0 Å². The Morgan fingerprint density at radius 3 is 2.69 bits per heavy atom. The lowest BCUT2D eigenvalue weighted by atomic mass is 9.98. The van der Waals surface area contributed by atoms with E-state index in [1.54, 1.807) is 18.7 Å². The van der Waals surface area contributed by atoms with Crippen molar-refractivity contribution in [3.8, 4) is 0 Å². The van der Waals surface area contributed by atoms with E-state index in [1.807, 2.05) is 0 Å². The van der Waals surface area contributed by atoms with Gasteiger partial charge in [0.2, 0.25) is 11.8 Å². The van der Waals surface area contributed by atoms with Crippen molar-refractivity contribution < 1.29 is 19.1 Å². The maximum Gasteiger partial charge on any atom is 0.306 e. The van der Waals surface area contributed by atoms with Crippen LogP contribution in [0.25, 0.3) is 0 Å². The Bertz CT molecular complexity index is 325. The number of carbonyl (C=O) groups is 3. The zero-order chi connectivity index (χ0) is 12.3. The molecule has 1 heterocycles. The number of esters is 1. The predicted octanol–water partition coefficient (Wildman–Crippen LogP) is -0.713. The first kappa shape index (κ1) is 12.6. The number of ether oxygens (including phenoxy) is 1. The van der Waals surface area contributed by atoms with E-state index in [0.717, 1.165) is 0 Å². The second kappa shape index (κ2) is 4.61. The molecule has 0 atom stereocenters. The molecular formula is C10H16N2O4. The standard InChI is InChI=1S/C10H16N2O4/c1-10(2)9(15)11-7(13)6-12(10)5-4-8(14)16-3/h4-6H2,1-3H3,(H,11,13,15). The molecule has 2 amide bonds. The van der Waals surface area contributed by atoms with Gasteiger partial charge in [-0.2, -0.15) is 0 Å². The summed E-state index contributed by atoms with van der Waals surface area (Å²) in [6.07, 6.45) is 0.167. The lowest BCUT2D eigenvalue weighted by Crippen LogP contribution is -2.64. The van der Waals surface area contributed by atoms with Crippen molar-refractivity contribution in [3.63, 3.8) is 0 Å². The minimum Gasteiger partial charge on any atom is -0.469 e. The van der Waals surface area contributed by atoms with Gasteiger partial charge in [-0.25, -0.2) is 0 Å². The van der Waals surface area contributed by atoms with Gasteiger partial charge in [0, 0.05) is 6.54 Å². The Hall–Kier alpha value is -1.43. The predicted molar refractivity (Wildman–Crippen MR) is 55.4 cm³/mol. The van der Waals surface area contributed by atoms with Crippen LogP contribution in [-0.4, -0.2) is 48.4 Å². The summed E-state index contributed by atoms with van der Waals surface area (Å²) in [6, 6.07) is 0. The van der Waals surface area contributed by atoms with Gasteiger partial charge in [-0.1, -0.05) is 0 Å². The summed E-state index contributed by atoms with van der Waals surface area (Å²) < 4.78 is 4.51. The summed E-state index contributed by atoms with van der Waals surface area (Å²) in [5.41, 5.74) is -0.776. The molecule has 0 aromatic carbocycles. The summed E-state index contributed by atoms with van der Waals surface area (Å²) in [7, 11) is 1.31. The lowest BCUT2D eigenvalue weighted by molar-refractivity contribution is -0.148. The van der Waals surface area contributed by atoms with Crippen LogP contribution in [0.4, 0.5) is 0 Å². The molecule has 0 unspecified atom stereocenters. The number of methoxy groups -OCH3 is 1. The SMILES string of the molecule is COC(=O)CCN1CC(=O)NC(=O)C1(C)C. The van der Waals surface area contributed by atoms with E-state index in [9.17, 15) is 14.4 Å². The largest absolute Gasteiger partial charge is 0.469 e. The zero-order valence-corrected chi connectivity index (χ0v) is 9.70. The highest BCUT2D eigenvalue weighted by Crippen LogP contribution is 2.18. The number of imide groups is 1. The first-order valence-electron chi connectivity index (χ1n) is 5.04. The molecule has 1 aliphatic rings. The van der Waals surface area contributed by atoms with Crippen molar-refractivity contribution in [2.75, 3.05) is 20.2 Å². The van der Waals surface area contributed by atoms with Gasteiger partial charge in [0.1, 0.15) is 0 Å². The smallest absolute Gasteiger partial charge is 0.306 e. The summed E-state index contributed by atoms with van der Waals surface area (Å²) in [4.78, 5) is 35.4. The molecule has 0 radical (unpaired) electrons. The Labute approximate surface area is 93.9 Å². The molecule has 0 aromatic heterocycles. The number of hydrogen-bond donors (Lipinski definition) is 1. The third-order valence-corrected chi connectivity index (χ3v) is 2.75. The molecule has 1 fully saturated rings. The summed E-state index contributed by atoms with van der Waals surface area (Å²) in [5, 5.41) is 2.27. The molecule has 6 heteroatoms. The molecule has 0 bridgehead atoms. The Kier molecular flexibility index (Phi) is 3.64. The van der Waals surface area contributed by atoms with E-state index in [2.05, 4.69) is 10.1 Å². The molecule has 90 valence electrons. The van der Waals surface area contributed by atoms with Gasteiger partial charge in [0.05, 0.1) is 25.6 Å². The van der Waals surface area contributed by atoms with Gasteiger partial charge in [-0.15, -0.1) is 0 Å². The van der Waals surface area contributed by atoms with Gasteiger partial charge < -0.3 is 4.74 Å². The van der Waals surface area contributed by atoms with Gasteiger partial charge in [0.15, 0.2) is 0 Å². The second-order valence-electron chi connectivity index (χ2n) is 4.18. The third-order valence-electron chi connectivity index (χ3n) is 2.75. The fourth-order valence-electron chi connectivity index (χ4n) is 1.52. The van der Waals surface area contributed by atoms with Gasteiger partial charge in [0.25, 0.3) is 0 Å². The molecule has 0 aliphatic carbocycles. The molecular weight excluding hydrogens is 212 g/mol. The molecule has 0 aromatic rings. The summed E-state index contributed by atoms with van der Waals surface area (Å²) >= 11 is 0.